The van der Waals surface area contributed by atoms with Crippen LogP contribution in [-0.4, -0.2) is 28.2 Å². The van der Waals surface area contributed by atoms with Crippen molar-refractivity contribution in [2.24, 2.45) is 5.92 Å². The highest BCUT2D eigenvalue weighted by Gasteiger charge is 2.33. The van der Waals surface area contributed by atoms with Crippen LogP contribution in [-0.2, 0) is 9.59 Å². The number of rotatable bonds is 4. The number of nitrogens with zero attached hydrogens (tertiary/aromatic N) is 2. The van der Waals surface area contributed by atoms with Crippen LogP contribution in [0.5, 0.6) is 0 Å². The summed E-state index contributed by atoms with van der Waals surface area (Å²) in [6.45, 7) is 2.00. The molecular weight excluding hydrogens is 440 g/mol. The number of non-ortho nitro benzene ring substituents is 1. The topological polar surface area (TPSA) is 80.5 Å². The van der Waals surface area contributed by atoms with E-state index >= 15 is 0 Å². The van der Waals surface area contributed by atoms with Crippen molar-refractivity contribution in [3.8, 4) is 0 Å². The van der Waals surface area contributed by atoms with Crippen molar-refractivity contribution in [1.82, 2.24) is 0 Å². The molecule has 1 aliphatic rings. The molecule has 0 bridgehead atoms. The predicted molar refractivity (Wildman–Crippen MR) is 92.1 cm³/mol. The first-order valence-corrected chi connectivity index (χ1v) is 8.94. The number of nitro groups is 1. The third-order valence-corrected chi connectivity index (χ3v) is 5.46. The lowest BCUT2D eigenvalue weighted by Gasteiger charge is -2.20. The molecule has 1 amide bonds. The van der Waals surface area contributed by atoms with Gasteiger partial charge in [-0.25, -0.2) is 0 Å². The Bertz CT molecular complexity index is 630. The second kappa shape index (κ2) is 7.10. The number of thioether (sulfide) groups is 1. The summed E-state index contributed by atoms with van der Waals surface area (Å²) >= 11 is 7.81. The molecule has 118 valence electrons. The molecular formula is C13H12Br2N2O4S. The van der Waals surface area contributed by atoms with Crippen molar-refractivity contribution in [2.45, 2.75) is 13.3 Å². The molecule has 0 saturated carbocycles. The normalized spacial score (nSPS) is 17.9. The molecule has 1 heterocycles. The minimum Gasteiger partial charge on any atom is -0.310 e. The maximum Gasteiger partial charge on any atom is 0.271 e. The second-order valence-corrected chi connectivity index (χ2v) is 7.80. The lowest BCUT2D eigenvalue weighted by molar-refractivity contribution is -0.385. The van der Waals surface area contributed by atoms with Crippen molar-refractivity contribution < 1.29 is 14.5 Å². The number of benzene rings is 1. The van der Waals surface area contributed by atoms with E-state index in [1.165, 1.54) is 30.8 Å². The van der Waals surface area contributed by atoms with Gasteiger partial charge >= 0.3 is 0 Å². The van der Waals surface area contributed by atoms with Crippen molar-refractivity contribution in [2.75, 3.05) is 17.2 Å². The lowest BCUT2D eigenvalue weighted by Crippen LogP contribution is -2.25. The average molecular weight is 452 g/mol. The Morgan fingerprint density at radius 1 is 1.45 bits per heavy atom. The van der Waals surface area contributed by atoms with Gasteiger partial charge < -0.3 is 4.90 Å². The fraction of sp³-hybridized carbons (Fsp3) is 0.385. The zero-order valence-corrected chi connectivity index (χ0v) is 15.5. The first-order valence-electron chi connectivity index (χ1n) is 6.36. The molecule has 0 N–H and O–H groups in total. The van der Waals surface area contributed by atoms with Gasteiger partial charge in [0, 0.05) is 46.7 Å². The maximum atomic E-state index is 12.2. The molecule has 1 unspecified atom stereocenters. The number of carbonyl (C=O) groups excluding carboxylic acids is 2. The molecule has 0 radical (unpaired) electrons. The molecule has 1 aromatic rings. The monoisotopic (exact) mass is 450 g/mol. The summed E-state index contributed by atoms with van der Waals surface area (Å²) in [4.78, 5) is 35.2. The van der Waals surface area contributed by atoms with E-state index in [1.54, 1.807) is 4.90 Å². The Balaban J connectivity index is 2.23. The Morgan fingerprint density at radius 3 is 2.55 bits per heavy atom. The van der Waals surface area contributed by atoms with Crippen molar-refractivity contribution in [1.29, 1.82) is 0 Å². The number of amides is 1. The van der Waals surface area contributed by atoms with Crippen LogP contribution in [0.2, 0.25) is 0 Å². The number of anilines is 1. The van der Waals surface area contributed by atoms with Gasteiger partial charge in [0.15, 0.2) is 5.12 Å². The van der Waals surface area contributed by atoms with Crippen LogP contribution in [0, 0.1) is 16.0 Å². The Morgan fingerprint density at radius 2 is 2.05 bits per heavy atom. The lowest BCUT2D eigenvalue weighted by atomic mass is 10.1. The number of hydrogen-bond donors (Lipinski definition) is 0. The van der Waals surface area contributed by atoms with E-state index in [-0.39, 0.29) is 22.6 Å². The quantitative estimate of drug-likeness (QED) is 0.514. The van der Waals surface area contributed by atoms with Gasteiger partial charge in [-0.05, 0) is 37.8 Å². The molecule has 0 aliphatic carbocycles. The second-order valence-electron chi connectivity index (χ2n) is 4.89. The average Bonchev–Trinajstić information content (AvgIpc) is 2.77. The minimum absolute atomic E-state index is 0.0311. The third-order valence-electron chi connectivity index (χ3n) is 3.21. The van der Waals surface area contributed by atoms with E-state index in [2.05, 4.69) is 31.9 Å². The van der Waals surface area contributed by atoms with Gasteiger partial charge in [0.1, 0.15) is 0 Å². The molecule has 22 heavy (non-hydrogen) atoms. The summed E-state index contributed by atoms with van der Waals surface area (Å²) in [5.74, 6) is 0.638. The molecule has 1 fully saturated rings. The first-order chi connectivity index (χ1) is 10.3. The smallest absolute Gasteiger partial charge is 0.271 e. The van der Waals surface area contributed by atoms with Gasteiger partial charge in [0.05, 0.1) is 10.6 Å². The van der Waals surface area contributed by atoms with Gasteiger partial charge in [-0.2, -0.15) is 0 Å². The summed E-state index contributed by atoms with van der Waals surface area (Å²) < 4.78 is 0.976. The molecule has 0 spiro atoms. The summed E-state index contributed by atoms with van der Waals surface area (Å²) in [7, 11) is 0. The largest absolute Gasteiger partial charge is 0.310 e. The minimum atomic E-state index is -0.489. The summed E-state index contributed by atoms with van der Waals surface area (Å²) in [5.41, 5.74) is 0.531. The molecule has 9 heteroatoms. The standard InChI is InChI=1S/C13H12Br2N2O4S/c1-7(18)22-6-8-2-12(19)16(5-8)13-10(14)3-9(17(20)21)4-11(13)15/h3-4,8H,2,5-6H2,1H3. The van der Waals surface area contributed by atoms with Crippen LogP contribution in [0.4, 0.5) is 11.4 Å². The number of halogens is 2. The van der Waals surface area contributed by atoms with Gasteiger partial charge in [-0.15, -0.1) is 0 Å². The fourth-order valence-electron chi connectivity index (χ4n) is 2.26. The van der Waals surface area contributed by atoms with Crippen molar-refractivity contribution in [3.63, 3.8) is 0 Å². The highest BCUT2D eigenvalue weighted by atomic mass is 79.9. The summed E-state index contributed by atoms with van der Waals surface area (Å²) in [6, 6.07) is 2.76. The van der Waals surface area contributed by atoms with Crippen molar-refractivity contribution in [3.05, 3.63) is 31.2 Å². The van der Waals surface area contributed by atoms with Crippen LogP contribution in [0.25, 0.3) is 0 Å². The maximum absolute atomic E-state index is 12.2. The van der Waals surface area contributed by atoms with Crippen LogP contribution in [0.15, 0.2) is 21.1 Å². The zero-order chi connectivity index (χ0) is 16.4. The number of carbonyl (C=O) groups is 2. The molecule has 1 atom stereocenters. The highest BCUT2D eigenvalue weighted by Crippen LogP contribution is 2.40. The Hall–Kier alpha value is -0.930. The van der Waals surface area contributed by atoms with Crippen LogP contribution >= 0.6 is 43.6 Å². The van der Waals surface area contributed by atoms with E-state index in [4.69, 9.17) is 0 Å². The third kappa shape index (κ3) is 3.88. The Kier molecular flexibility index (Phi) is 5.62. The summed E-state index contributed by atoms with van der Waals surface area (Å²) in [5, 5.41) is 10.9. The van der Waals surface area contributed by atoms with Gasteiger partial charge in [-0.3, -0.25) is 19.7 Å². The van der Waals surface area contributed by atoms with Gasteiger partial charge in [0.2, 0.25) is 5.91 Å². The molecule has 1 aromatic carbocycles. The van der Waals surface area contributed by atoms with Gasteiger partial charge in [-0.1, -0.05) is 11.8 Å². The molecule has 2 rings (SSSR count). The molecule has 1 saturated heterocycles. The Labute approximate surface area is 148 Å². The summed E-state index contributed by atoms with van der Waals surface area (Å²) in [6.07, 6.45) is 0.371. The van der Waals surface area contributed by atoms with Crippen LogP contribution < -0.4 is 4.90 Å². The molecule has 6 nitrogen and oxygen atoms in total. The number of nitro benzene ring substituents is 1. The van der Waals surface area contributed by atoms with Gasteiger partial charge in [0.25, 0.3) is 5.69 Å². The van der Waals surface area contributed by atoms with E-state index in [9.17, 15) is 19.7 Å². The van der Waals surface area contributed by atoms with E-state index in [0.29, 0.717) is 33.4 Å². The van der Waals surface area contributed by atoms with E-state index < -0.39 is 4.92 Å². The zero-order valence-electron chi connectivity index (χ0n) is 11.5. The van der Waals surface area contributed by atoms with E-state index in [1.807, 2.05) is 0 Å². The van der Waals surface area contributed by atoms with Crippen LogP contribution in [0.1, 0.15) is 13.3 Å². The van der Waals surface area contributed by atoms with Crippen molar-refractivity contribution >= 4 is 66.0 Å². The van der Waals surface area contributed by atoms with Crippen LogP contribution in [0.3, 0.4) is 0 Å². The number of hydrogen-bond acceptors (Lipinski definition) is 5. The molecule has 0 aromatic heterocycles. The predicted octanol–water partition coefficient (Wildman–Crippen LogP) is 3.75. The SMILES string of the molecule is CC(=O)SCC1CC(=O)N(c2c(Br)cc([N+](=O)[O-])cc2Br)C1. The van der Waals surface area contributed by atoms with E-state index in [0.717, 1.165) is 0 Å². The highest BCUT2D eigenvalue weighted by molar-refractivity contribution is 9.11. The first kappa shape index (κ1) is 17.4. The fourth-order valence-corrected chi connectivity index (χ4v) is 4.54. The molecule has 1 aliphatic heterocycles.